The van der Waals surface area contributed by atoms with Gasteiger partial charge in [0.05, 0.1) is 18.6 Å². The molecule has 1 amide bonds. The Hall–Kier alpha value is -1.10. The van der Waals surface area contributed by atoms with E-state index < -0.39 is 11.5 Å². The van der Waals surface area contributed by atoms with Crippen LogP contribution in [0.15, 0.2) is 0 Å². The Morgan fingerprint density at radius 2 is 2.11 bits per heavy atom. The summed E-state index contributed by atoms with van der Waals surface area (Å²) in [6.07, 6.45) is 1.91. The van der Waals surface area contributed by atoms with Crippen molar-refractivity contribution in [2.45, 2.75) is 52.0 Å². The first-order valence-corrected chi connectivity index (χ1v) is 6.99. The van der Waals surface area contributed by atoms with Crippen molar-refractivity contribution in [1.82, 2.24) is 5.32 Å². The van der Waals surface area contributed by atoms with Crippen molar-refractivity contribution in [3.63, 3.8) is 0 Å². The molecule has 2 unspecified atom stereocenters. The quantitative estimate of drug-likeness (QED) is 0.740. The first kappa shape index (κ1) is 16.0. The minimum Gasteiger partial charge on any atom is -0.481 e. The Morgan fingerprint density at radius 1 is 1.42 bits per heavy atom. The zero-order valence-corrected chi connectivity index (χ0v) is 12.1. The molecular formula is C14H25NO4. The molecule has 0 bridgehead atoms. The van der Waals surface area contributed by atoms with Gasteiger partial charge in [0.25, 0.3) is 0 Å². The van der Waals surface area contributed by atoms with Gasteiger partial charge in [0.1, 0.15) is 0 Å². The maximum absolute atomic E-state index is 12.1. The molecule has 0 aromatic carbocycles. The van der Waals surface area contributed by atoms with Crippen LogP contribution in [0.2, 0.25) is 0 Å². The van der Waals surface area contributed by atoms with E-state index in [-0.39, 0.29) is 12.3 Å². The summed E-state index contributed by atoms with van der Waals surface area (Å²) in [4.78, 5) is 23.0. The average molecular weight is 271 g/mol. The summed E-state index contributed by atoms with van der Waals surface area (Å²) in [5.74, 6) is -0.177. The van der Waals surface area contributed by atoms with E-state index in [1.54, 1.807) is 0 Å². The normalized spacial score (nSPS) is 24.4. The van der Waals surface area contributed by atoms with E-state index in [9.17, 15) is 9.59 Å². The number of carboxylic acids is 1. The van der Waals surface area contributed by atoms with E-state index in [1.165, 1.54) is 0 Å². The van der Waals surface area contributed by atoms with Crippen molar-refractivity contribution in [2.75, 3.05) is 13.2 Å². The van der Waals surface area contributed by atoms with Crippen molar-refractivity contribution in [3.05, 3.63) is 0 Å². The van der Waals surface area contributed by atoms with Crippen LogP contribution in [0.3, 0.4) is 0 Å². The van der Waals surface area contributed by atoms with Crippen molar-refractivity contribution < 1.29 is 19.4 Å². The lowest BCUT2D eigenvalue weighted by Crippen LogP contribution is -2.51. The molecule has 1 saturated heterocycles. The van der Waals surface area contributed by atoms with Gasteiger partial charge in [-0.05, 0) is 18.3 Å². The molecule has 5 heteroatoms. The highest BCUT2D eigenvalue weighted by Crippen LogP contribution is 2.24. The number of aliphatic carboxylic acids is 1. The number of rotatable bonds is 7. The lowest BCUT2D eigenvalue weighted by atomic mass is 9.88. The van der Waals surface area contributed by atoms with Crippen LogP contribution in [-0.2, 0) is 14.3 Å². The fraction of sp³-hybridized carbons (Fsp3) is 0.857. The first-order valence-electron chi connectivity index (χ1n) is 6.99. The predicted octanol–water partition coefficient (Wildman–Crippen LogP) is 1.81. The molecule has 1 aliphatic rings. The summed E-state index contributed by atoms with van der Waals surface area (Å²) < 4.78 is 5.26. The third-order valence-corrected chi connectivity index (χ3v) is 3.91. The Bertz CT molecular complexity index is 321. The Balaban J connectivity index is 2.59. The second kappa shape index (κ2) is 6.89. The standard InChI is InChI=1S/C14H25NO4/c1-4-11(10(2)3)7-12(16)15-14(8-13(17)18)5-6-19-9-14/h10-11H,4-9H2,1-3H3,(H,15,16)(H,17,18). The maximum Gasteiger partial charge on any atom is 0.305 e. The minimum atomic E-state index is -0.901. The summed E-state index contributed by atoms with van der Waals surface area (Å²) in [7, 11) is 0. The van der Waals surface area contributed by atoms with Gasteiger partial charge >= 0.3 is 5.97 Å². The number of carbonyl (C=O) groups is 2. The lowest BCUT2D eigenvalue weighted by Gasteiger charge is -2.28. The molecular weight excluding hydrogens is 246 g/mol. The topological polar surface area (TPSA) is 75.6 Å². The average Bonchev–Trinajstić information content (AvgIpc) is 2.72. The SMILES string of the molecule is CCC(CC(=O)NC1(CC(=O)O)CCOC1)C(C)C. The van der Waals surface area contributed by atoms with Crippen LogP contribution in [0.5, 0.6) is 0 Å². The zero-order chi connectivity index (χ0) is 14.5. The van der Waals surface area contributed by atoms with Crippen LogP contribution in [-0.4, -0.2) is 35.7 Å². The molecule has 2 N–H and O–H groups in total. The Kier molecular flexibility index (Phi) is 5.79. The van der Waals surface area contributed by atoms with Gasteiger partial charge in [-0.1, -0.05) is 27.2 Å². The van der Waals surface area contributed by atoms with Gasteiger partial charge in [-0.25, -0.2) is 0 Å². The summed E-state index contributed by atoms with van der Waals surface area (Å²) >= 11 is 0. The van der Waals surface area contributed by atoms with Gasteiger partial charge in [-0.3, -0.25) is 9.59 Å². The number of carbonyl (C=O) groups excluding carboxylic acids is 1. The van der Waals surface area contributed by atoms with Crippen LogP contribution >= 0.6 is 0 Å². The zero-order valence-electron chi connectivity index (χ0n) is 12.1. The molecule has 0 aliphatic carbocycles. The van der Waals surface area contributed by atoms with Crippen molar-refractivity contribution in [1.29, 1.82) is 0 Å². The molecule has 0 spiro atoms. The van der Waals surface area contributed by atoms with E-state index in [2.05, 4.69) is 26.1 Å². The summed E-state index contributed by atoms with van der Waals surface area (Å²) in [5.41, 5.74) is -0.710. The molecule has 0 radical (unpaired) electrons. The number of hydrogen-bond acceptors (Lipinski definition) is 3. The molecule has 1 heterocycles. The second-order valence-corrected chi connectivity index (χ2v) is 5.82. The largest absolute Gasteiger partial charge is 0.481 e. The van der Waals surface area contributed by atoms with E-state index in [0.717, 1.165) is 6.42 Å². The highest BCUT2D eigenvalue weighted by molar-refractivity contribution is 5.78. The van der Waals surface area contributed by atoms with Gasteiger partial charge in [-0.15, -0.1) is 0 Å². The van der Waals surface area contributed by atoms with Gasteiger partial charge in [-0.2, -0.15) is 0 Å². The predicted molar refractivity (Wildman–Crippen MR) is 71.8 cm³/mol. The summed E-state index contributed by atoms with van der Waals surface area (Å²) in [6.45, 7) is 7.09. The third-order valence-electron chi connectivity index (χ3n) is 3.91. The van der Waals surface area contributed by atoms with E-state index in [0.29, 0.717) is 37.9 Å². The number of ether oxygens (including phenoxy) is 1. The lowest BCUT2D eigenvalue weighted by molar-refractivity contribution is -0.139. The van der Waals surface area contributed by atoms with Gasteiger partial charge in [0.15, 0.2) is 0 Å². The van der Waals surface area contributed by atoms with Crippen LogP contribution in [0.25, 0.3) is 0 Å². The molecule has 1 rings (SSSR count). The molecule has 110 valence electrons. The van der Waals surface area contributed by atoms with Crippen LogP contribution < -0.4 is 5.32 Å². The Labute approximate surface area is 114 Å². The van der Waals surface area contributed by atoms with Gasteiger partial charge in [0.2, 0.25) is 5.91 Å². The molecule has 19 heavy (non-hydrogen) atoms. The first-order chi connectivity index (χ1) is 8.88. The monoisotopic (exact) mass is 271 g/mol. The van der Waals surface area contributed by atoms with Crippen molar-refractivity contribution in [2.24, 2.45) is 11.8 Å². The van der Waals surface area contributed by atoms with Gasteiger partial charge < -0.3 is 15.2 Å². The highest BCUT2D eigenvalue weighted by atomic mass is 16.5. The fourth-order valence-corrected chi connectivity index (χ4v) is 2.62. The molecule has 0 aromatic heterocycles. The highest BCUT2D eigenvalue weighted by Gasteiger charge is 2.38. The smallest absolute Gasteiger partial charge is 0.305 e. The molecule has 0 saturated carbocycles. The molecule has 1 fully saturated rings. The molecule has 1 aliphatic heterocycles. The third kappa shape index (κ3) is 4.82. The second-order valence-electron chi connectivity index (χ2n) is 5.82. The van der Waals surface area contributed by atoms with E-state index in [1.807, 2.05) is 0 Å². The number of nitrogens with one attached hydrogen (secondary N) is 1. The maximum atomic E-state index is 12.1. The molecule has 0 aromatic rings. The number of amides is 1. The fourth-order valence-electron chi connectivity index (χ4n) is 2.62. The molecule has 5 nitrogen and oxygen atoms in total. The number of hydrogen-bond donors (Lipinski definition) is 2. The van der Waals surface area contributed by atoms with Crippen LogP contribution in [0, 0.1) is 11.8 Å². The molecule has 2 atom stereocenters. The minimum absolute atomic E-state index is 0.0627. The van der Waals surface area contributed by atoms with Crippen molar-refractivity contribution in [3.8, 4) is 0 Å². The van der Waals surface area contributed by atoms with E-state index >= 15 is 0 Å². The van der Waals surface area contributed by atoms with Gasteiger partial charge in [0, 0.05) is 13.0 Å². The number of carboxylic acid groups (broad SMARTS) is 1. The van der Waals surface area contributed by atoms with Crippen molar-refractivity contribution >= 4 is 11.9 Å². The van der Waals surface area contributed by atoms with Crippen LogP contribution in [0.1, 0.15) is 46.5 Å². The summed E-state index contributed by atoms with van der Waals surface area (Å²) in [6, 6.07) is 0. The Morgan fingerprint density at radius 3 is 2.53 bits per heavy atom. The van der Waals surface area contributed by atoms with E-state index in [4.69, 9.17) is 9.84 Å². The van der Waals surface area contributed by atoms with Crippen LogP contribution in [0.4, 0.5) is 0 Å². The summed E-state index contributed by atoms with van der Waals surface area (Å²) in [5, 5.41) is 11.9.